The molecular formula is C27H28N4O2S. The molecule has 5 rings (SSSR count). The number of benzene rings is 2. The second-order valence-electron chi connectivity index (χ2n) is 8.81. The summed E-state index contributed by atoms with van der Waals surface area (Å²) < 4.78 is 0. The normalized spacial score (nSPS) is 14.4. The third-order valence-electron chi connectivity index (χ3n) is 6.65. The molecule has 6 nitrogen and oxygen atoms in total. The molecule has 1 aliphatic rings. The number of carbonyl (C=O) groups is 1. The Hall–Kier alpha value is -3.45. The quantitative estimate of drug-likeness (QED) is 0.350. The number of rotatable bonds is 7. The molecule has 2 aromatic carbocycles. The lowest BCUT2D eigenvalue weighted by molar-refractivity contribution is 0.137. The van der Waals surface area contributed by atoms with Crippen LogP contribution in [-0.2, 0) is 6.54 Å². The lowest BCUT2D eigenvalue weighted by Gasteiger charge is -2.33. The summed E-state index contributed by atoms with van der Waals surface area (Å²) in [6.45, 7) is 2.79. The van der Waals surface area contributed by atoms with Crippen LogP contribution in [0.3, 0.4) is 0 Å². The van der Waals surface area contributed by atoms with Crippen molar-refractivity contribution >= 4 is 34.0 Å². The molecule has 0 saturated carbocycles. The van der Waals surface area contributed by atoms with Crippen molar-refractivity contribution in [2.45, 2.75) is 25.8 Å². The van der Waals surface area contributed by atoms with E-state index in [1.54, 1.807) is 5.51 Å². The summed E-state index contributed by atoms with van der Waals surface area (Å²) in [4.78, 5) is 24.7. The van der Waals surface area contributed by atoms with Crippen LogP contribution >= 0.6 is 11.3 Å². The van der Waals surface area contributed by atoms with E-state index in [4.69, 9.17) is 4.98 Å². The average molecular weight is 473 g/mol. The average Bonchev–Trinajstić information content (AvgIpc) is 3.40. The van der Waals surface area contributed by atoms with Crippen LogP contribution in [0, 0.1) is 5.92 Å². The summed E-state index contributed by atoms with van der Waals surface area (Å²) in [6, 6.07) is 21.1. The Morgan fingerprint density at radius 1 is 1.06 bits per heavy atom. The molecule has 1 N–H and O–H groups in total. The molecule has 0 unspecified atom stereocenters. The van der Waals surface area contributed by atoms with Gasteiger partial charge in [-0.1, -0.05) is 48.5 Å². The number of aromatic nitrogens is 2. The topological polar surface area (TPSA) is 69.6 Å². The summed E-state index contributed by atoms with van der Waals surface area (Å²) in [6.07, 6.45) is 2.10. The molecule has 34 heavy (non-hydrogen) atoms. The van der Waals surface area contributed by atoms with Crippen molar-refractivity contribution in [3.8, 4) is 11.3 Å². The third-order valence-corrected chi connectivity index (χ3v) is 7.29. The predicted molar refractivity (Wildman–Crippen MR) is 137 cm³/mol. The highest BCUT2D eigenvalue weighted by atomic mass is 32.1. The number of anilines is 1. The van der Waals surface area contributed by atoms with Crippen molar-refractivity contribution in [1.29, 1.82) is 0 Å². The molecule has 4 aromatic rings. The monoisotopic (exact) mass is 472 g/mol. The van der Waals surface area contributed by atoms with Crippen LogP contribution in [0.1, 0.15) is 25.0 Å². The molecule has 0 radical (unpaired) electrons. The maximum atomic E-state index is 11.7. The molecule has 0 bridgehead atoms. The van der Waals surface area contributed by atoms with Crippen LogP contribution in [0.25, 0.3) is 22.0 Å². The summed E-state index contributed by atoms with van der Waals surface area (Å²) in [5, 5.41) is 13.9. The standard InChI is InChI=1S/C27H28N4O2S/c32-27(33)31(17-22-18-34-19-28-22)16-13-20-11-14-30(15-12-20)26-10-4-9-25(29-26)24-8-3-6-21-5-1-2-7-23(21)24/h1-10,18-20H,11-17H2,(H,32,33). The highest BCUT2D eigenvalue weighted by Gasteiger charge is 2.22. The highest BCUT2D eigenvalue weighted by molar-refractivity contribution is 7.07. The van der Waals surface area contributed by atoms with Gasteiger partial charge in [0.05, 0.1) is 23.4 Å². The number of thiazole rings is 1. The van der Waals surface area contributed by atoms with Crippen molar-refractivity contribution in [3.63, 3.8) is 0 Å². The summed E-state index contributed by atoms with van der Waals surface area (Å²) in [5.41, 5.74) is 4.72. The first-order chi connectivity index (χ1) is 16.7. The van der Waals surface area contributed by atoms with E-state index in [1.165, 1.54) is 27.0 Å². The van der Waals surface area contributed by atoms with Gasteiger partial charge in [0, 0.05) is 30.6 Å². The van der Waals surface area contributed by atoms with Gasteiger partial charge in [-0.15, -0.1) is 11.3 Å². The van der Waals surface area contributed by atoms with E-state index in [0.29, 0.717) is 19.0 Å². The smallest absolute Gasteiger partial charge is 0.407 e. The predicted octanol–water partition coefficient (Wildman–Crippen LogP) is 6.15. The molecule has 0 spiro atoms. The Balaban J connectivity index is 1.21. The van der Waals surface area contributed by atoms with Gasteiger partial charge in [0.1, 0.15) is 5.82 Å². The maximum absolute atomic E-state index is 11.7. The Bertz CT molecular complexity index is 1250. The summed E-state index contributed by atoms with van der Waals surface area (Å²) in [5.74, 6) is 1.54. The van der Waals surface area contributed by atoms with Crippen molar-refractivity contribution in [1.82, 2.24) is 14.9 Å². The molecule has 1 fully saturated rings. The van der Waals surface area contributed by atoms with Crippen molar-refractivity contribution < 1.29 is 9.90 Å². The zero-order valence-corrected chi connectivity index (χ0v) is 19.8. The number of hydrogen-bond donors (Lipinski definition) is 1. The first kappa shape index (κ1) is 22.3. The number of hydrogen-bond acceptors (Lipinski definition) is 5. The van der Waals surface area contributed by atoms with Gasteiger partial charge in [-0.2, -0.15) is 0 Å². The number of pyridine rings is 1. The van der Waals surface area contributed by atoms with Crippen molar-refractivity contribution in [2.24, 2.45) is 5.92 Å². The number of nitrogens with zero attached hydrogens (tertiary/aromatic N) is 4. The largest absolute Gasteiger partial charge is 0.465 e. The first-order valence-corrected chi connectivity index (χ1v) is 12.7. The molecule has 2 aromatic heterocycles. The first-order valence-electron chi connectivity index (χ1n) is 11.7. The van der Waals surface area contributed by atoms with Crippen LogP contribution < -0.4 is 4.90 Å². The van der Waals surface area contributed by atoms with Crippen LogP contribution in [0.2, 0.25) is 0 Å². The molecule has 3 heterocycles. The van der Waals surface area contributed by atoms with Crippen LogP contribution in [0.15, 0.2) is 71.6 Å². The molecule has 174 valence electrons. The SMILES string of the molecule is O=C(O)N(CCC1CCN(c2cccc(-c3cccc4ccccc34)n2)CC1)Cc1cscn1. The molecule has 1 saturated heterocycles. The van der Waals surface area contributed by atoms with Gasteiger partial charge in [-0.05, 0) is 48.1 Å². The fourth-order valence-electron chi connectivity index (χ4n) is 4.74. The summed E-state index contributed by atoms with van der Waals surface area (Å²) >= 11 is 1.50. The zero-order chi connectivity index (χ0) is 23.3. The van der Waals surface area contributed by atoms with E-state index in [0.717, 1.165) is 55.1 Å². The Kier molecular flexibility index (Phi) is 6.72. The summed E-state index contributed by atoms with van der Waals surface area (Å²) in [7, 11) is 0. The Morgan fingerprint density at radius 2 is 1.85 bits per heavy atom. The minimum absolute atomic E-state index is 0.364. The molecule has 0 atom stereocenters. The van der Waals surface area contributed by atoms with E-state index < -0.39 is 6.09 Å². The number of piperidine rings is 1. The second-order valence-corrected chi connectivity index (χ2v) is 9.53. The molecule has 7 heteroatoms. The second kappa shape index (κ2) is 10.2. The third kappa shape index (κ3) is 5.04. The van der Waals surface area contributed by atoms with Crippen LogP contribution in [0.5, 0.6) is 0 Å². The van der Waals surface area contributed by atoms with Crippen LogP contribution in [0.4, 0.5) is 10.6 Å². The van der Waals surface area contributed by atoms with E-state index in [1.807, 2.05) is 5.38 Å². The lowest BCUT2D eigenvalue weighted by Crippen LogP contribution is -2.36. The van der Waals surface area contributed by atoms with E-state index >= 15 is 0 Å². The fraction of sp³-hybridized carbons (Fsp3) is 0.296. The lowest BCUT2D eigenvalue weighted by atomic mass is 9.93. The van der Waals surface area contributed by atoms with Gasteiger partial charge in [0.15, 0.2) is 0 Å². The van der Waals surface area contributed by atoms with Crippen molar-refractivity contribution in [3.05, 3.63) is 77.2 Å². The van der Waals surface area contributed by atoms with E-state index in [-0.39, 0.29) is 0 Å². The Morgan fingerprint density at radius 3 is 2.65 bits per heavy atom. The van der Waals surface area contributed by atoms with Gasteiger partial charge in [0.25, 0.3) is 0 Å². The highest BCUT2D eigenvalue weighted by Crippen LogP contribution is 2.30. The molecule has 1 aliphatic heterocycles. The minimum Gasteiger partial charge on any atom is -0.465 e. The van der Waals surface area contributed by atoms with Gasteiger partial charge in [-0.25, -0.2) is 14.8 Å². The van der Waals surface area contributed by atoms with Gasteiger partial charge in [-0.3, -0.25) is 0 Å². The number of fused-ring (bicyclic) bond motifs is 1. The van der Waals surface area contributed by atoms with E-state index in [9.17, 15) is 9.90 Å². The minimum atomic E-state index is -0.875. The van der Waals surface area contributed by atoms with Crippen molar-refractivity contribution in [2.75, 3.05) is 24.5 Å². The fourth-order valence-corrected chi connectivity index (χ4v) is 5.29. The maximum Gasteiger partial charge on any atom is 0.407 e. The number of carboxylic acid groups (broad SMARTS) is 1. The molecular weight excluding hydrogens is 444 g/mol. The molecule has 0 aliphatic carbocycles. The molecule has 1 amide bonds. The van der Waals surface area contributed by atoms with Gasteiger partial charge in [0.2, 0.25) is 0 Å². The number of amides is 1. The van der Waals surface area contributed by atoms with Gasteiger partial charge < -0.3 is 14.9 Å². The Labute approximate surface area is 203 Å². The van der Waals surface area contributed by atoms with E-state index in [2.05, 4.69) is 70.5 Å². The van der Waals surface area contributed by atoms with Crippen LogP contribution in [-0.4, -0.2) is 45.7 Å². The van der Waals surface area contributed by atoms with Gasteiger partial charge >= 0.3 is 6.09 Å². The zero-order valence-electron chi connectivity index (χ0n) is 19.0.